The van der Waals surface area contributed by atoms with E-state index in [9.17, 15) is 4.79 Å². The zero-order valence-electron chi connectivity index (χ0n) is 14.0. The molecule has 0 radical (unpaired) electrons. The summed E-state index contributed by atoms with van der Waals surface area (Å²) in [7, 11) is 3.73. The molecule has 2 aromatic rings. The summed E-state index contributed by atoms with van der Waals surface area (Å²) in [5, 5.41) is 2.86. The first-order chi connectivity index (χ1) is 11.7. The highest BCUT2D eigenvalue weighted by Gasteiger charge is 2.17. The van der Waals surface area contributed by atoms with E-state index in [1.54, 1.807) is 25.3 Å². The molecule has 1 aliphatic rings. The number of ether oxygens (including phenoxy) is 1. The number of anilines is 2. The quantitative estimate of drug-likeness (QED) is 0.932. The number of carbonyl (C=O) groups excluding carboxylic acids is 1. The van der Waals surface area contributed by atoms with Crippen LogP contribution in [0.2, 0.25) is 0 Å². The van der Waals surface area contributed by atoms with Crippen molar-refractivity contribution in [1.82, 2.24) is 9.88 Å². The number of amides is 1. The number of hydrogen-bond acceptors (Lipinski definition) is 5. The van der Waals surface area contributed by atoms with Gasteiger partial charge in [0.25, 0.3) is 5.91 Å². The van der Waals surface area contributed by atoms with Gasteiger partial charge >= 0.3 is 0 Å². The fourth-order valence-electron chi connectivity index (χ4n) is 2.63. The molecule has 1 fully saturated rings. The van der Waals surface area contributed by atoms with E-state index in [-0.39, 0.29) is 5.91 Å². The van der Waals surface area contributed by atoms with Gasteiger partial charge < -0.3 is 19.9 Å². The number of carbonyl (C=O) groups is 1. The average Bonchev–Trinajstić information content (AvgIpc) is 2.63. The number of rotatable bonds is 4. The van der Waals surface area contributed by atoms with Gasteiger partial charge in [-0.25, -0.2) is 4.98 Å². The lowest BCUT2D eigenvalue weighted by Crippen LogP contribution is -2.44. The van der Waals surface area contributed by atoms with E-state index in [0.29, 0.717) is 11.4 Å². The van der Waals surface area contributed by atoms with E-state index in [1.165, 1.54) is 0 Å². The summed E-state index contributed by atoms with van der Waals surface area (Å²) in [4.78, 5) is 21.4. The Morgan fingerprint density at radius 2 is 1.79 bits per heavy atom. The number of likely N-dealkylation sites (N-methyl/N-ethyl adjacent to an activating group) is 1. The molecular formula is C18H22N4O2. The van der Waals surface area contributed by atoms with Crippen LogP contribution in [0, 0.1) is 0 Å². The molecule has 1 amide bonds. The lowest BCUT2D eigenvalue weighted by Gasteiger charge is -2.33. The number of piperazine rings is 1. The molecule has 1 aromatic carbocycles. The van der Waals surface area contributed by atoms with Crippen LogP contribution in [0.1, 0.15) is 10.5 Å². The van der Waals surface area contributed by atoms with Gasteiger partial charge in [-0.3, -0.25) is 4.79 Å². The van der Waals surface area contributed by atoms with Crippen molar-refractivity contribution in [3.8, 4) is 5.75 Å². The Kier molecular flexibility index (Phi) is 4.96. The normalized spacial score (nSPS) is 15.2. The number of hydrogen-bond donors (Lipinski definition) is 1. The minimum atomic E-state index is -0.212. The maximum atomic E-state index is 12.4. The van der Waals surface area contributed by atoms with E-state index >= 15 is 0 Å². The van der Waals surface area contributed by atoms with Crippen molar-refractivity contribution in [2.75, 3.05) is 50.6 Å². The standard InChI is InChI=1S/C18H22N4O2/c1-21-10-12-22(13-11-21)17-5-3-4-16(20-17)18(23)19-14-6-8-15(24-2)9-7-14/h3-9H,10-13H2,1-2H3,(H,19,23). The molecular weight excluding hydrogens is 304 g/mol. The number of pyridine rings is 1. The third-order valence-electron chi connectivity index (χ3n) is 4.14. The molecule has 1 aromatic heterocycles. The van der Waals surface area contributed by atoms with E-state index in [0.717, 1.165) is 37.7 Å². The Balaban J connectivity index is 1.69. The van der Waals surface area contributed by atoms with E-state index < -0.39 is 0 Å². The summed E-state index contributed by atoms with van der Waals surface area (Å²) < 4.78 is 5.12. The van der Waals surface area contributed by atoms with Gasteiger partial charge in [-0.15, -0.1) is 0 Å². The van der Waals surface area contributed by atoms with Crippen LogP contribution in [0.25, 0.3) is 0 Å². The molecule has 1 N–H and O–H groups in total. The average molecular weight is 326 g/mol. The topological polar surface area (TPSA) is 57.7 Å². The lowest BCUT2D eigenvalue weighted by molar-refractivity contribution is 0.102. The summed E-state index contributed by atoms with van der Waals surface area (Å²) >= 11 is 0. The summed E-state index contributed by atoms with van der Waals surface area (Å²) in [5.74, 6) is 1.39. The molecule has 0 bridgehead atoms. The third kappa shape index (κ3) is 3.83. The first-order valence-corrected chi connectivity index (χ1v) is 8.01. The van der Waals surface area contributed by atoms with Gasteiger partial charge in [-0.05, 0) is 43.4 Å². The van der Waals surface area contributed by atoms with Gasteiger partial charge in [0, 0.05) is 31.9 Å². The molecule has 6 nitrogen and oxygen atoms in total. The largest absolute Gasteiger partial charge is 0.497 e. The third-order valence-corrected chi connectivity index (χ3v) is 4.14. The van der Waals surface area contributed by atoms with Crippen LogP contribution in [0.4, 0.5) is 11.5 Å². The molecule has 0 spiro atoms. The SMILES string of the molecule is COc1ccc(NC(=O)c2cccc(N3CCN(C)CC3)n2)cc1. The maximum absolute atomic E-state index is 12.4. The molecule has 6 heteroatoms. The molecule has 1 saturated heterocycles. The molecule has 0 aliphatic carbocycles. The van der Waals surface area contributed by atoms with Gasteiger partial charge in [0.2, 0.25) is 0 Å². The molecule has 0 unspecified atom stereocenters. The van der Waals surface area contributed by atoms with Crippen LogP contribution < -0.4 is 15.0 Å². The lowest BCUT2D eigenvalue weighted by atomic mass is 10.2. The van der Waals surface area contributed by atoms with Crippen LogP contribution in [0.5, 0.6) is 5.75 Å². The highest BCUT2D eigenvalue weighted by atomic mass is 16.5. The monoisotopic (exact) mass is 326 g/mol. The number of nitrogens with one attached hydrogen (secondary N) is 1. The Labute approximate surface area is 142 Å². The Bertz CT molecular complexity index is 694. The van der Waals surface area contributed by atoms with Crippen molar-refractivity contribution in [2.45, 2.75) is 0 Å². The highest BCUT2D eigenvalue weighted by Crippen LogP contribution is 2.17. The molecule has 24 heavy (non-hydrogen) atoms. The molecule has 3 rings (SSSR count). The molecule has 0 saturated carbocycles. The number of benzene rings is 1. The predicted molar refractivity (Wildman–Crippen MR) is 94.9 cm³/mol. The van der Waals surface area contributed by atoms with Crippen molar-refractivity contribution in [2.24, 2.45) is 0 Å². The van der Waals surface area contributed by atoms with Gasteiger partial charge in [0.15, 0.2) is 0 Å². The second-order valence-corrected chi connectivity index (χ2v) is 5.85. The second-order valence-electron chi connectivity index (χ2n) is 5.85. The first kappa shape index (κ1) is 16.3. The maximum Gasteiger partial charge on any atom is 0.274 e. The molecule has 2 heterocycles. The van der Waals surface area contributed by atoms with Crippen LogP contribution in [0.15, 0.2) is 42.5 Å². The Morgan fingerprint density at radius 3 is 2.46 bits per heavy atom. The van der Waals surface area contributed by atoms with Crippen molar-refractivity contribution in [1.29, 1.82) is 0 Å². The first-order valence-electron chi connectivity index (χ1n) is 8.01. The summed E-state index contributed by atoms with van der Waals surface area (Å²) in [6.07, 6.45) is 0. The predicted octanol–water partition coefficient (Wildman–Crippen LogP) is 2.09. The zero-order chi connectivity index (χ0) is 16.9. The van der Waals surface area contributed by atoms with Gasteiger partial charge in [-0.2, -0.15) is 0 Å². The highest BCUT2D eigenvalue weighted by molar-refractivity contribution is 6.03. The van der Waals surface area contributed by atoms with E-state index in [1.807, 2.05) is 24.3 Å². The van der Waals surface area contributed by atoms with Gasteiger partial charge in [0.1, 0.15) is 17.3 Å². The van der Waals surface area contributed by atoms with Gasteiger partial charge in [0.05, 0.1) is 7.11 Å². The minimum Gasteiger partial charge on any atom is -0.497 e. The van der Waals surface area contributed by atoms with Crippen LogP contribution in [0.3, 0.4) is 0 Å². The molecule has 0 atom stereocenters. The van der Waals surface area contributed by atoms with Crippen molar-refractivity contribution >= 4 is 17.4 Å². The fourth-order valence-corrected chi connectivity index (χ4v) is 2.63. The smallest absolute Gasteiger partial charge is 0.274 e. The second kappa shape index (κ2) is 7.31. The van der Waals surface area contributed by atoms with E-state index in [4.69, 9.17) is 4.74 Å². The zero-order valence-corrected chi connectivity index (χ0v) is 14.0. The fraction of sp³-hybridized carbons (Fsp3) is 0.333. The Morgan fingerprint density at radius 1 is 1.08 bits per heavy atom. The van der Waals surface area contributed by atoms with Crippen molar-refractivity contribution < 1.29 is 9.53 Å². The number of methoxy groups -OCH3 is 1. The van der Waals surface area contributed by atoms with Crippen LogP contribution in [-0.2, 0) is 0 Å². The minimum absolute atomic E-state index is 0.212. The van der Waals surface area contributed by atoms with Crippen molar-refractivity contribution in [3.63, 3.8) is 0 Å². The number of aromatic nitrogens is 1. The number of nitrogens with zero attached hydrogens (tertiary/aromatic N) is 3. The molecule has 1 aliphatic heterocycles. The van der Waals surface area contributed by atoms with Crippen LogP contribution >= 0.6 is 0 Å². The van der Waals surface area contributed by atoms with E-state index in [2.05, 4.69) is 27.1 Å². The molecule has 126 valence electrons. The van der Waals surface area contributed by atoms with Crippen LogP contribution in [-0.4, -0.2) is 56.1 Å². The summed E-state index contributed by atoms with van der Waals surface area (Å²) in [5.41, 5.74) is 1.13. The Hall–Kier alpha value is -2.60. The summed E-state index contributed by atoms with van der Waals surface area (Å²) in [6.45, 7) is 3.86. The van der Waals surface area contributed by atoms with Crippen molar-refractivity contribution in [3.05, 3.63) is 48.2 Å². The van der Waals surface area contributed by atoms with Gasteiger partial charge in [-0.1, -0.05) is 6.07 Å². The summed E-state index contributed by atoms with van der Waals surface area (Å²) in [6, 6.07) is 12.8.